The summed E-state index contributed by atoms with van der Waals surface area (Å²) in [6, 6.07) is 28.2. The first-order valence-corrected chi connectivity index (χ1v) is 17.4. The summed E-state index contributed by atoms with van der Waals surface area (Å²) >= 11 is 9.80. The molecule has 2 atom stereocenters. The van der Waals surface area contributed by atoms with E-state index in [9.17, 15) is 18.0 Å². The average molecular weight is 727 g/mol. The highest BCUT2D eigenvalue weighted by Gasteiger charge is 2.36. The topological polar surface area (TPSA) is 96.0 Å². The van der Waals surface area contributed by atoms with Crippen molar-refractivity contribution in [3.63, 3.8) is 0 Å². The van der Waals surface area contributed by atoms with Gasteiger partial charge in [-0.1, -0.05) is 95.1 Å². The van der Waals surface area contributed by atoms with Crippen molar-refractivity contribution >= 4 is 55.1 Å². The summed E-state index contributed by atoms with van der Waals surface area (Å²) in [5, 5.41) is 3.30. The van der Waals surface area contributed by atoms with E-state index in [1.165, 1.54) is 30.2 Å². The number of anilines is 1. The van der Waals surface area contributed by atoms with Gasteiger partial charge in [0, 0.05) is 28.5 Å². The van der Waals surface area contributed by atoms with Gasteiger partial charge in [0.2, 0.25) is 11.8 Å². The molecule has 1 N–H and O–H groups in total. The maximum Gasteiger partial charge on any atom is 0.264 e. The first-order valence-electron chi connectivity index (χ1n) is 14.8. The molecule has 0 radical (unpaired) electrons. The van der Waals surface area contributed by atoms with Crippen molar-refractivity contribution in [2.45, 2.75) is 50.2 Å². The molecule has 4 aromatic rings. The number of carbonyl (C=O) groups is 2. The van der Waals surface area contributed by atoms with E-state index in [1.54, 1.807) is 30.3 Å². The Bertz CT molecular complexity index is 1720. The molecule has 0 heterocycles. The molecule has 0 spiro atoms. The van der Waals surface area contributed by atoms with E-state index in [4.69, 9.17) is 16.3 Å². The van der Waals surface area contributed by atoms with Gasteiger partial charge in [0.05, 0.1) is 17.7 Å². The summed E-state index contributed by atoms with van der Waals surface area (Å²) in [4.78, 5) is 30.0. The molecule has 0 saturated carbocycles. The fourth-order valence-corrected chi connectivity index (χ4v) is 6.74. The van der Waals surface area contributed by atoms with Crippen LogP contribution in [0.25, 0.3) is 0 Å². The number of hydrogen-bond donors (Lipinski definition) is 1. The minimum absolute atomic E-state index is 0.0142. The summed E-state index contributed by atoms with van der Waals surface area (Å²) in [5.74, 6) is -0.697. The highest BCUT2D eigenvalue weighted by atomic mass is 79.9. The molecule has 4 rings (SSSR count). The zero-order valence-corrected chi connectivity index (χ0v) is 29.1. The van der Waals surface area contributed by atoms with Crippen LogP contribution in [0.4, 0.5) is 5.69 Å². The predicted molar refractivity (Wildman–Crippen MR) is 185 cm³/mol. The molecule has 0 aliphatic heterocycles. The molecule has 2 amide bonds. The molecule has 11 heteroatoms. The number of methoxy groups -OCH3 is 1. The van der Waals surface area contributed by atoms with Crippen LogP contribution < -0.4 is 14.4 Å². The number of amides is 2. The van der Waals surface area contributed by atoms with Crippen LogP contribution in [0.2, 0.25) is 5.02 Å². The third kappa shape index (κ3) is 8.90. The lowest BCUT2D eigenvalue weighted by Gasteiger charge is -2.34. The van der Waals surface area contributed by atoms with E-state index in [-0.39, 0.29) is 46.3 Å². The van der Waals surface area contributed by atoms with Crippen LogP contribution >= 0.6 is 27.5 Å². The summed E-state index contributed by atoms with van der Waals surface area (Å²) in [6.45, 7) is 3.31. The van der Waals surface area contributed by atoms with Gasteiger partial charge in [-0.05, 0) is 66.9 Å². The van der Waals surface area contributed by atoms with Gasteiger partial charge in [0.25, 0.3) is 10.0 Å². The molecule has 0 aliphatic rings. The van der Waals surface area contributed by atoms with Crippen molar-refractivity contribution in [1.82, 2.24) is 10.2 Å². The third-order valence-corrected chi connectivity index (χ3v) is 10.1. The SMILES string of the molecule is CC[C@H](C)NC(=O)[C@@H](Cc1ccccc1)N(Cc1ccc(Br)cc1)C(=O)CN(c1cc(Cl)ccc1OC)S(=O)(=O)c1ccccc1. The number of nitrogens with one attached hydrogen (secondary N) is 1. The normalized spacial score (nSPS) is 12.5. The van der Waals surface area contributed by atoms with Gasteiger partial charge < -0.3 is 15.0 Å². The van der Waals surface area contributed by atoms with Crippen molar-refractivity contribution in [2.75, 3.05) is 18.0 Å². The van der Waals surface area contributed by atoms with Crippen LogP contribution in [0.15, 0.2) is 112 Å². The Hall–Kier alpha value is -3.86. The van der Waals surface area contributed by atoms with E-state index >= 15 is 0 Å². The summed E-state index contributed by atoms with van der Waals surface area (Å²) in [7, 11) is -2.88. The Morgan fingerprint density at radius 2 is 1.54 bits per heavy atom. The average Bonchev–Trinajstić information content (AvgIpc) is 3.06. The second kappa shape index (κ2) is 16.1. The summed E-state index contributed by atoms with van der Waals surface area (Å²) < 4.78 is 35.8. The van der Waals surface area contributed by atoms with Gasteiger partial charge in [0.15, 0.2) is 0 Å². The minimum Gasteiger partial charge on any atom is -0.495 e. The number of carbonyl (C=O) groups excluding carboxylic acids is 2. The highest BCUT2D eigenvalue weighted by Crippen LogP contribution is 2.35. The number of rotatable bonds is 14. The summed E-state index contributed by atoms with van der Waals surface area (Å²) in [6.07, 6.45) is 0.916. The largest absolute Gasteiger partial charge is 0.495 e. The van der Waals surface area contributed by atoms with Crippen molar-refractivity contribution in [2.24, 2.45) is 0 Å². The van der Waals surface area contributed by atoms with Gasteiger partial charge in [0.1, 0.15) is 18.3 Å². The van der Waals surface area contributed by atoms with Crippen molar-refractivity contribution in [1.29, 1.82) is 0 Å². The molecule has 0 fully saturated rings. The molecule has 0 bridgehead atoms. The Kier molecular flexibility index (Phi) is 12.3. The number of ether oxygens (including phenoxy) is 1. The van der Waals surface area contributed by atoms with E-state index in [0.717, 1.165) is 19.9 Å². The molecule has 0 aliphatic carbocycles. The van der Waals surface area contributed by atoms with Crippen LogP contribution in [-0.4, -0.2) is 50.9 Å². The maximum atomic E-state index is 14.6. The van der Waals surface area contributed by atoms with Crippen molar-refractivity contribution in [3.8, 4) is 5.75 Å². The number of halogens is 2. The van der Waals surface area contributed by atoms with Crippen LogP contribution in [0.3, 0.4) is 0 Å². The molecular formula is C35H37BrClN3O5S. The number of sulfonamides is 1. The molecule has 0 saturated heterocycles. The van der Waals surface area contributed by atoms with Gasteiger partial charge in [-0.3, -0.25) is 13.9 Å². The van der Waals surface area contributed by atoms with Gasteiger partial charge >= 0.3 is 0 Å². The van der Waals surface area contributed by atoms with Gasteiger partial charge in [-0.15, -0.1) is 0 Å². The monoisotopic (exact) mass is 725 g/mol. The Balaban J connectivity index is 1.84. The first-order chi connectivity index (χ1) is 22.0. The second-order valence-corrected chi connectivity index (χ2v) is 14.0. The lowest BCUT2D eigenvalue weighted by atomic mass is 10.0. The van der Waals surface area contributed by atoms with Crippen LogP contribution in [-0.2, 0) is 32.6 Å². The fourth-order valence-electron chi connectivity index (χ4n) is 4.87. The number of benzene rings is 4. The van der Waals surface area contributed by atoms with Crippen molar-refractivity contribution < 1.29 is 22.7 Å². The number of nitrogens with zero attached hydrogens (tertiary/aromatic N) is 2. The lowest BCUT2D eigenvalue weighted by Crippen LogP contribution is -2.54. The Labute approximate surface area is 284 Å². The van der Waals surface area contributed by atoms with Gasteiger partial charge in [-0.2, -0.15) is 0 Å². The molecule has 242 valence electrons. The molecule has 0 aromatic heterocycles. The molecular weight excluding hydrogens is 690 g/mol. The molecule has 4 aromatic carbocycles. The quantitative estimate of drug-likeness (QED) is 0.153. The van der Waals surface area contributed by atoms with Crippen molar-refractivity contribution in [3.05, 3.63) is 124 Å². The highest BCUT2D eigenvalue weighted by molar-refractivity contribution is 9.10. The minimum atomic E-state index is -4.30. The second-order valence-electron chi connectivity index (χ2n) is 10.8. The van der Waals surface area contributed by atoms with E-state index in [0.29, 0.717) is 6.42 Å². The first kappa shape index (κ1) is 35.0. The fraction of sp³-hybridized carbons (Fsp3) is 0.257. The van der Waals surface area contributed by atoms with Crippen LogP contribution in [0, 0.1) is 0 Å². The maximum absolute atomic E-state index is 14.6. The van der Waals surface area contributed by atoms with Crippen LogP contribution in [0.5, 0.6) is 5.75 Å². The Morgan fingerprint density at radius 3 is 2.15 bits per heavy atom. The van der Waals surface area contributed by atoms with E-state index < -0.39 is 28.5 Å². The standard InChI is InChI=1S/C35H37BrClN3O5S/c1-4-25(2)38-35(42)32(21-26-11-7-5-8-12-26)39(23-27-15-17-28(36)18-16-27)34(41)24-40(31-22-29(37)19-20-33(31)45-3)46(43,44)30-13-9-6-10-14-30/h5-20,22,25,32H,4,21,23-24H2,1-3H3,(H,38,42)/t25-,32+/m0/s1. The number of hydrogen-bond acceptors (Lipinski definition) is 5. The predicted octanol–water partition coefficient (Wildman–Crippen LogP) is 6.86. The van der Waals surface area contributed by atoms with E-state index in [2.05, 4.69) is 21.2 Å². The third-order valence-electron chi connectivity index (χ3n) is 7.56. The van der Waals surface area contributed by atoms with Gasteiger partial charge in [-0.25, -0.2) is 8.42 Å². The zero-order chi connectivity index (χ0) is 33.3. The summed E-state index contributed by atoms with van der Waals surface area (Å²) in [5.41, 5.74) is 1.72. The van der Waals surface area contributed by atoms with Crippen LogP contribution in [0.1, 0.15) is 31.4 Å². The Morgan fingerprint density at radius 1 is 0.913 bits per heavy atom. The molecule has 0 unspecified atom stereocenters. The smallest absolute Gasteiger partial charge is 0.264 e. The molecule has 8 nitrogen and oxygen atoms in total. The van der Waals surface area contributed by atoms with E-state index in [1.807, 2.05) is 68.4 Å². The lowest BCUT2D eigenvalue weighted by molar-refractivity contribution is -0.140. The molecule has 46 heavy (non-hydrogen) atoms. The zero-order valence-electron chi connectivity index (χ0n) is 25.9.